The highest BCUT2D eigenvalue weighted by Crippen LogP contribution is 2.29. The Hall–Kier alpha value is -1.78. The van der Waals surface area contributed by atoms with Gasteiger partial charge in [-0.05, 0) is 37.3 Å². The average Bonchev–Trinajstić information content (AvgIpc) is 3.52. The van der Waals surface area contributed by atoms with Crippen LogP contribution in [-0.2, 0) is 11.3 Å². The predicted octanol–water partition coefficient (Wildman–Crippen LogP) is 2.34. The molecule has 0 unspecified atom stereocenters. The SMILES string of the molecule is CCOC(=O)N1CCN(C(=NC)NCc2ccnc(OCC3CC3)c2)CC1.I. The highest BCUT2D eigenvalue weighted by molar-refractivity contribution is 14.0. The highest BCUT2D eigenvalue weighted by Gasteiger charge is 2.24. The molecule has 1 N–H and O–H groups in total. The predicted molar refractivity (Wildman–Crippen MR) is 118 cm³/mol. The number of carbonyl (C=O) groups excluding carboxylic acids is 1. The summed E-state index contributed by atoms with van der Waals surface area (Å²) in [6, 6.07) is 3.95. The summed E-state index contributed by atoms with van der Waals surface area (Å²) in [4.78, 5) is 24.3. The quantitative estimate of drug-likeness (QED) is 0.365. The van der Waals surface area contributed by atoms with Crippen LogP contribution in [0.15, 0.2) is 23.3 Å². The van der Waals surface area contributed by atoms with Crippen LogP contribution in [0.4, 0.5) is 4.79 Å². The molecule has 1 amide bonds. The van der Waals surface area contributed by atoms with Crippen molar-refractivity contribution >= 4 is 36.0 Å². The molecule has 8 nitrogen and oxygen atoms in total. The molecule has 2 aliphatic rings. The van der Waals surface area contributed by atoms with Gasteiger partial charge in [-0.1, -0.05) is 0 Å². The van der Waals surface area contributed by atoms with Crippen molar-refractivity contribution in [2.24, 2.45) is 10.9 Å². The lowest BCUT2D eigenvalue weighted by atomic mass is 10.2. The number of pyridine rings is 1. The fourth-order valence-electron chi connectivity index (χ4n) is 2.96. The second kappa shape index (κ2) is 11.3. The van der Waals surface area contributed by atoms with Gasteiger partial charge in [0.25, 0.3) is 0 Å². The molecule has 0 radical (unpaired) electrons. The standard InChI is InChI=1S/C19H29N5O3.HI/c1-3-26-19(25)24-10-8-23(9-11-24)18(20-2)22-13-16-6-7-21-17(12-16)27-14-15-4-5-15;/h6-7,12,15H,3-5,8-11,13-14H2,1-2H3,(H,20,22);1H. The summed E-state index contributed by atoms with van der Waals surface area (Å²) in [5.74, 6) is 2.22. The van der Waals surface area contributed by atoms with Crippen molar-refractivity contribution < 1.29 is 14.3 Å². The molecule has 0 atom stereocenters. The first-order valence-electron chi connectivity index (χ1n) is 9.64. The third kappa shape index (κ3) is 6.68. The Kier molecular flexibility index (Phi) is 9.07. The molecule has 1 aromatic rings. The fourth-order valence-corrected chi connectivity index (χ4v) is 2.96. The van der Waals surface area contributed by atoms with Crippen molar-refractivity contribution in [3.8, 4) is 5.88 Å². The van der Waals surface area contributed by atoms with Gasteiger partial charge >= 0.3 is 6.09 Å². The second-order valence-electron chi connectivity index (χ2n) is 6.83. The number of guanidine groups is 1. The van der Waals surface area contributed by atoms with Crippen LogP contribution >= 0.6 is 24.0 Å². The first-order chi connectivity index (χ1) is 13.2. The van der Waals surface area contributed by atoms with Crippen molar-refractivity contribution in [3.05, 3.63) is 23.9 Å². The zero-order valence-electron chi connectivity index (χ0n) is 16.6. The van der Waals surface area contributed by atoms with Crippen LogP contribution in [0.2, 0.25) is 0 Å². The number of halogens is 1. The Labute approximate surface area is 183 Å². The number of rotatable bonds is 6. The van der Waals surface area contributed by atoms with Gasteiger partial charge in [-0.3, -0.25) is 4.99 Å². The summed E-state index contributed by atoms with van der Waals surface area (Å²) in [6.07, 6.45) is 4.07. The molecule has 1 saturated carbocycles. The van der Waals surface area contributed by atoms with E-state index in [4.69, 9.17) is 9.47 Å². The first-order valence-corrected chi connectivity index (χ1v) is 9.64. The summed E-state index contributed by atoms with van der Waals surface area (Å²) in [5, 5.41) is 3.39. The minimum atomic E-state index is -0.240. The van der Waals surface area contributed by atoms with E-state index in [1.54, 1.807) is 18.1 Å². The second-order valence-corrected chi connectivity index (χ2v) is 6.83. The summed E-state index contributed by atoms with van der Waals surface area (Å²) < 4.78 is 10.8. The van der Waals surface area contributed by atoms with Crippen LogP contribution < -0.4 is 10.1 Å². The number of hydrogen-bond acceptors (Lipinski definition) is 5. The number of carbonyl (C=O) groups is 1. The molecule has 2 heterocycles. The van der Waals surface area contributed by atoms with Gasteiger partial charge in [0.05, 0.1) is 13.2 Å². The smallest absolute Gasteiger partial charge is 0.409 e. The molecule has 1 saturated heterocycles. The number of aliphatic imine (C=N–C) groups is 1. The third-order valence-electron chi connectivity index (χ3n) is 4.73. The van der Waals surface area contributed by atoms with Gasteiger partial charge in [0, 0.05) is 52.0 Å². The maximum absolute atomic E-state index is 11.8. The molecule has 156 valence electrons. The van der Waals surface area contributed by atoms with E-state index in [0.29, 0.717) is 38.0 Å². The molecule has 28 heavy (non-hydrogen) atoms. The zero-order valence-corrected chi connectivity index (χ0v) is 18.9. The van der Waals surface area contributed by atoms with Gasteiger partial charge < -0.3 is 24.6 Å². The lowest BCUT2D eigenvalue weighted by Gasteiger charge is -2.35. The van der Waals surface area contributed by atoms with Crippen LogP contribution in [0.3, 0.4) is 0 Å². The van der Waals surface area contributed by atoms with Gasteiger partial charge in [-0.2, -0.15) is 0 Å². The Morgan fingerprint density at radius 2 is 2.00 bits per heavy atom. The highest BCUT2D eigenvalue weighted by atomic mass is 127. The number of amides is 1. The molecule has 9 heteroatoms. The number of hydrogen-bond donors (Lipinski definition) is 1. The zero-order chi connectivity index (χ0) is 19.1. The van der Waals surface area contributed by atoms with Crippen molar-refractivity contribution in [1.82, 2.24) is 20.1 Å². The van der Waals surface area contributed by atoms with Crippen LogP contribution in [0.5, 0.6) is 5.88 Å². The number of aromatic nitrogens is 1. The molecule has 2 fully saturated rings. The minimum absolute atomic E-state index is 0. The number of nitrogens with one attached hydrogen (secondary N) is 1. The molecule has 1 aliphatic heterocycles. The normalized spacial score (nSPS) is 17.0. The van der Waals surface area contributed by atoms with E-state index < -0.39 is 0 Å². The van der Waals surface area contributed by atoms with E-state index in [-0.39, 0.29) is 30.1 Å². The number of nitrogens with zero attached hydrogens (tertiary/aromatic N) is 4. The van der Waals surface area contributed by atoms with E-state index in [2.05, 4.69) is 20.2 Å². The van der Waals surface area contributed by atoms with Gasteiger partial charge in [-0.15, -0.1) is 24.0 Å². The van der Waals surface area contributed by atoms with Crippen molar-refractivity contribution in [3.63, 3.8) is 0 Å². The van der Waals surface area contributed by atoms with Crippen LogP contribution in [0.1, 0.15) is 25.3 Å². The maximum atomic E-state index is 11.8. The van der Waals surface area contributed by atoms with Gasteiger partial charge in [0.2, 0.25) is 5.88 Å². The number of piperazine rings is 1. The number of ether oxygens (including phenoxy) is 2. The summed E-state index contributed by atoms with van der Waals surface area (Å²) in [5.41, 5.74) is 1.10. The van der Waals surface area contributed by atoms with Crippen LogP contribution in [0, 0.1) is 5.92 Å². The minimum Gasteiger partial charge on any atom is -0.477 e. The van der Waals surface area contributed by atoms with Crippen molar-refractivity contribution in [2.45, 2.75) is 26.3 Å². The Balaban J connectivity index is 0.00000280. The third-order valence-corrected chi connectivity index (χ3v) is 4.73. The Morgan fingerprint density at radius 3 is 2.64 bits per heavy atom. The summed E-state index contributed by atoms with van der Waals surface area (Å²) >= 11 is 0. The van der Waals surface area contributed by atoms with Crippen molar-refractivity contribution in [1.29, 1.82) is 0 Å². The monoisotopic (exact) mass is 503 g/mol. The topological polar surface area (TPSA) is 79.3 Å². The maximum Gasteiger partial charge on any atom is 0.409 e. The molecular formula is C19H30IN5O3. The van der Waals surface area contributed by atoms with E-state index in [9.17, 15) is 4.79 Å². The molecular weight excluding hydrogens is 473 g/mol. The van der Waals surface area contributed by atoms with E-state index in [0.717, 1.165) is 31.2 Å². The van der Waals surface area contributed by atoms with E-state index >= 15 is 0 Å². The fraction of sp³-hybridized carbons (Fsp3) is 0.632. The largest absolute Gasteiger partial charge is 0.477 e. The summed E-state index contributed by atoms with van der Waals surface area (Å²) in [7, 11) is 1.77. The van der Waals surface area contributed by atoms with Crippen LogP contribution in [0.25, 0.3) is 0 Å². The lowest BCUT2D eigenvalue weighted by Crippen LogP contribution is -2.53. The molecule has 0 bridgehead atoms. The lowest BCUT2D eigenvalue weighted by molar-refractivity contribution is 0.0914. The molecule has 1 aromatic heterocycles. The summed E-state index contributed by atoms with van der Waals surface area (Å²) in [6.45, 7) is 6.35. The molecule has 0 aromatic carbocycles. The first kappa shape index (κ1) is 22.5. The average molecular weight is 503 g/mol. The van der Waals surface area contributed by atoms with Gasteiger partial charge in [0.15, 0.2) is 5.96 Å². The van der Waals surface area contributed by atoms with E-state index in [1.165, 1.54) is 12.8 Å². The van der Waals surface area contributed by atoms with Crippen LogP contribution in [-0.4, -0.2) is 73.3 Å². The van der Waals surface area contributed by atoms with Gasteiger partial charge in [0.1, 0.15) is 0 Å². The molecule has 3 rings (SSSR count). The van der Waals surface area contributed by atoms with Gasteiger partial charge in [-0.25, -0.2) is 9.78 Å². The molecule has 0 spiro atoms. The Morgan fingerprint density at radius 1 is 1.29 bits per heavy atom. The van der Waals surface area contributed by atoms with E-state index in [1.807, 2.05) is 19.1 Å². The molecule has 1 aliphatic carbocycles. The van der Waals surface area contributed by atoms with Crippen molar-refractivity contribution in [2.75, 3.05) is 46.4 Å². The Bertz CT molecular complexity index is 661.